The van der Waals surface area contributed by atoms with Crippen molar-refractivity contribution >= 4 is 5.69 Å². The number of aromatic nitrogens is 1. The first-order valence-electron chi connectivity index (χ1n) is 5.04. The van der Waals surface area contributed by atoms with Gasteiger partial charge < -0.3 is 5.73 Å². The summed E-state index contributed by atoms with van der Waals surface area (Å²) in [5, 5.41) is 0. The molecule has 0 saturated carbocycles. The average molecular weight is 215 g/mol. The monoisotopic (exact) mass is 215 g/mol. The normalized spacial score (nSPS) is 10.1. The molecular weight excluding hydrogens is 202 g/mol. The third-order valence-corrected chi connectivity index (χ3v) is 2.30. The Bertz CT molecular complexity index is 534. The standard InChI is InChI=1S/C12H13N3O/c13-9-10-5-1-2-6-11(10)14-15-8-4-3-7-12(15)16/h1-8,14H,9,13H2. The Balaban J connectivity index is 2.34. The zero-order valence-electron chi connectivity index (χ0n) is 8.76. The Morgan fingerprint density at radius 3 is 2.62 bits per heavy atom. The first kappa shape index (κ1) is 10.4. The van der Waals surface area contributed by atoms with E-state index in [4.69, 9.17) is 5.73 Å². The maximum Gasteiger partial charge on any atom is 0.269 e. The average Bonchev–Trinajstić information content (AvgIpc) is 2.33. The van der Waals surface area contributed by atoms with Crippen LogP contribution in [0.2, 0.25) is 0 Å². The number of hydrogen-bond donors (Lipinski definition) is 2. The fourth-order valence-electron chi connectivity index (χ4n) is 1.46. The van der Waals surface area contributed by atoms with Gasteiger partial charge in [-0.25, -0.2) is 4.68 Å². The summed E-state index contributed by atoms with van der Waals surface area (Å²) in [6.07, 6.45) is 1.68. The zero-order chi connectivity index (χ0) is 11.4. The Kier molecular flexibility index (Phi) is 3.03. The lowest BCUT2D eigenvalue weighted by Crippen LogP contribution is -2.25. The Labute approximate surface area is 93.3 Å². The lowest BCUT2D eigenvalue weighted by atomic mass is 10.2. The van der Waals surface area contributed by atoms with Gasteiger partial charge in [-0.2, -0.15) is 0 Å². The van der Waals surface area contributed by atoms with Gasteiger partial charge in [-0.1, -0.05) is 24.3 Å². The highest BCUT2D eigenvalue weighted by molar-refractivity contribution is 5.50. The SMILES string of the molecule is NCc1ccccc1Nn1ccccc1=O. The largest absolute Gasteiger partial charge is 0.326 e. The fraction of sp³-hybridized carbons (Fsp3) is 0.0833. The molecule has 0 atom stereocenters. The molecule has 0 aliphatic rings. The van der Waals surface area contributed by atoms with Crippen LogP contribution in [0.1, 0.15) is 5.56 Å². The predicted octanol–water partition coefficient (Wildman–Crippen LogP) is 1.18. The Morgan fingerprint density at radius 2 is 1.88 bits per heavy atom. The lowest BCUT2D eigenvalue weighted by Gasteiger charge is -2.12. The summed E-state index contributed by atoms with van der Waals surface area (Å²) in [4.78, 5) is 11.5. The second kappa shape index (κ2) is 4.63. The highest BCUT2D eigenvalue weighted by atomic mass is 16.1. The summed E-state index contributed by atoms with van der Waals surface area (Å²) in [7, 11) is 0. The number of para-hydroxylation sites is 1. The molecule has 0 radical (unpaired) electrons. The van der Waals surface area contributed by atoms with Crippen LogP contribution in [-0.4, -0.2) is 4.68 Å². The van der Waals surface area contributed by atoms with Gasteiger partial charge in [0.25, 0.3) is 5.56 Å². The van der Waals surface area contributed by atoms with Crippen molar-refractivity contribution in [3.63, 3.8) is 0 Å². The van der Waals surface area contributed by atoms with E-state index >= 15 is 0 Å². The molecular formula is C12H13N3O. The summed E-state index contributed by atoms with van der Waals surface area (Å²) in [5.41, 5.74) is 10.3. The molecule has 0 saturated heterocycles. The molecule has 16 heavy (non-hydrogen) atoms. The maximum absolute atomic E-state index is 11.5. The van der Waals surface area contributed by atoms with Crippen LogP contribution in [0.5, 0.6) is 0 Å². The van der Waals surface area contributed by atoms with Crippen molar-refractivity contribution in [1.29, 1.82) is 0 Å². The molecule has 0 bridgehead atoms. The van der Waals surface area contributed by atoms with Crippen molar-refractivity contribution in [3.8, 4) is 0 Å². The molecule has 0 aliphatic heterocycles. The highest BCUT2D eigenvalue weighted by Gasteiger charge is 2.00. The van der Waals surface area contributed by atoms with Crippen molar-refractivity contribution in [3.05, 3.63) is 64.6 Å². The molecule has 0 unspecified atom stereocenters. The first-order valence-corrected chi connectivity index (χ1v) is 5.04. The Hall–Kier alpha value is -2.07. The van der Waals surface area contributed by atoms with Crippen molar-refractivity contribution in [2.24, 2.45) is 5.73 Å². The van der Waals surface area contributed by atoms with Crippen LogP contribution in [0, 0.1) is 0 Å². The number of hydrogen-bond acceptors (Lipinski definition) is 3. The highest BCUT2D eigenvalue weighted by Crippen LogP contribution is 2.13. The van der Waals surface area contributed by atoms with Gasteiger partial charge in [0.1, 0.15) is 0 Å². The smallest absolute Gasteiger partial charge is 0.269 e. The van der Waals surface area contributed by atoms with Gasteiger partial charge in [-0.3, -0.25) is 10.2 Å². The van der Waals surface area contributed by atoms with Crippen LogP contribution < -0.4 is 16.7 Å². The van der Waals surface area contributed by atoms with Crippen molar-refractivity contribution in [2.75, 3.05) is 5.43 Å². The van der Waals surface area contributed by atoms with Crippen LogP contribution in [-0.2, 0) is 6.54 Å². The molecule has 0 aliphatic carbocycles. The van der Waals surface area contributed by atoms with Gasteiger partial charge in [0, 0.05) is 18.8 Å². The number of benzene rings is 1. The summed E-state index contributed by atoms with van der Waals surface area (Å²) in [6.45, 7) is 0.435. The molecule has 0 fully saturated rings. The third-order valence-electron chi connectivity index (χ3n) is 2.30. The number of pyridine rings is 1. The molecule has 1 heterocycles. The van der Waals surface area contributed by atoms with Crippen molar-refractivity contribution in [2.45, 2.75) is 6.54 Å². The van der Waals surface area contributed by atoms with Gasteiger partial charge in [-0.15, -0.1) is 0 Å². The molecule has 0 spiro atoms. The molecule has 4 heteroatoms. The van der Waals surface area contributed by atoms with Crippen molar-refractivity contribution < 1.29 is 0 Å². The second-order valence-electron chi connectivity index (χ2n) is 3.38. The van der Waals surface area contributed by atoms with E-state index in [0.717, 1.165) is 11.3 Å². The molecule has 4 nitrogen and oxygen atoms in total. The number of nitrogens with zero attached hydrogens (tertiary/aromatic N) is 1. The maximum atomic E-state index is 11.5. The molecule has 1 aromatic carbocycles. The van der Waals surface area contributed by atoms with E-state index in [1.807, 2.05) is 24.3 Å². The summed E-state index contributed by atoms with van der Waals surface area (Å²) < 4.78 is 1.43. The number of nitrogens with two attached hydrogens (primary N) is 1. The van der Waals surface area contributed by atoms with Crippen LogP contribution in [0.25, 0.3) is 0 Å². The van der Waals surface area contributed by atoms with E-state index in [1.165, 1.54) is 10.7 Å². The van der Waals surface area contributed by atoms with E-state index in [9.17, 15) is 4.79 Å². The van der Waals surface area contributed by atoms with Gasteiger partial charge in [0.2, 0.25) is 0 Å². The van der Waals surface area contributed by atoms with E-state index in [2.05, 4.69) is 5.43 Å². The minimum Gasteiger partial charge on any atom is -0.326 e. The van der Waals surface area contributed by atoms with Crippen LogP contribution in [0.4, 0.5) is 5.69 Å². The minimum atomic E-state index is -0.102. The summed E-state index contributed by atoms with van der Waals surface area (Å²) in [5.74, 6) is 0. The van der Waals surface area contributed by atoms with Crippen LogP contribution in [0.15, 0.2) is 53.5 Å². The Morgan fingerprint density at radius 1 is 1.12 bits per heavy atom. The summed E-state index contributed by atoms with van der Waals surface area (Å²) >= 11 is 0. The number of anilines is 1. The second-order valence-corrected chi connectivity index (χ2v) is 3.38. The molecule has 82 valence electrons. The molecule has 2 aromatic rings. The fourth-order valence-corrected chi connectivity index (χ4v) is 1.46. The topological polar surface area (TPSA) is 60.0 Å². The van der Waals surface area contributed by atoms with Gasteiger partial charge in [0.05, 0.1) is 5.69 Å². The molecule has 0 amide bonds. The van der Waals surface area contributed by atoms with E-state index in [1.54, 1.807) is 18.3 Å². The van der Waals surface area contributed by atoms with Crippen LogP contribution in [0.3, 0.4) is 0 Å². The third kappa shape index (κ3) is 2.12. The molecule has 3 N–H and O–H groups in total. The predicted molar refractivity (Wildman–Crippen MR) is 64.1 cm³/mol. The van der Waals surface area contributed by atoms with Gasteiger partial charge >= 0.3 is 0 Å². The minimum absolute atomic E-state index is 0.102. The van der Waals surface area contributed by atoms with E-state index < -0.39 is 0 Å². The molecule has 1 aromatic heterocycles. The number of rotatable bonds is 3. The first-order chi connectivity index (χ1) is 7.81. The van der Waals surface area contributed by atoms with Gasteiger partial charge in [0.15, 0.2) is 0 Å². The quantitative estimate of drug-likeness (QED) is 0.808. The summed E-state index contributed by atoms with van der Waals surface area (Å²) in [6, 6.07) is 12.6. The van der Waals surface area contributed by atoms with E-state index in [-0.39, 0.29) is 5.56 Å². The number of nitrogens with one attached hydrogen (secondary N) is 1. The van der Waals surface area contributed by atoms with Crippen LogP contribution >= 0.6 is 0 Å². The van der Waals surface area contributed by atoms with Gasteiger partial charge in [-0.05, 0) is 17.7 Å². The molecule has 2 rings (SSSR count). The van der Waals surface area contributed by atoms with Crippen molar-refractivity contribution in [1.82, 2.24) is 4.68 Å². The lowest BCUT2D eigenvalue weighted by molar-refractivity contribution is 0.891. The zero-order valence-corrected chi connectivity index (χ0v) is 8.76. The van der Waals surface area contributed by atoms with E-state index in [0.29, 0.717) is 6.54 Å².